The third-order valence-corrected chi connectivity index (χ3v) is 13.2. The SMILES string of the molecule is c1ccc(N(c2ccc3sc4ccccc4c3c2)c2nc(-c3ccc4c(c3)sc3ccccc34)nc(-c3ccc4sc5ccccc5c4c3)n2)cc1. The van der Waals surface area contributed by atoms with Gasteiger partial charge in [0.15, 0.2) is 11.6 Å². The Hall–Kier alpha value is -5.99. The minimum absolute atomic E-state index is 0.566. The molecule has 11 aromatic rings. The molecule has 244 valence electrons. The summed E-state index contributed by atoms with van der Waals surface area (Å²) >= 11 is 5.44. The minimum Gasteiger partial charge on any atom is -0.279 e. The lowest BCUT2D eigenvalue weighted by molar-refractivity contribution is 1.02. The molecule has 52 heavy (non-hydrogen) atoms. The smallest absolute Gasteiger partial charge is 0.238 e. The van der Waals surface area contributed by atoms with Gasteiger partial charge in [0, 0.05) is 83.0 Å². The van der Waals surface area contributed by atoms with Crippen LogP contribution in [0.1, 0.15) is 0 Å². The van der Waals surface area contributed by atoms with Crippen molar-refractivity contribution in [1.29, 1.82) is 0 Å². The highest BCUT2D eigenvalue weighted by Crippen LogP contribution is 2.42. The Balaban J connectivity index is 1.16. The second kappa shape index (κ2) is 11.8. The van der Waals surface area contributed by atoms with E-state index in [4.69, 9.17) is 15.0 Å². The van der Waals surface area contributed by atoms with Gasteiger partial charge in [-0.25, -0.2) is 4.98 Å². The lowest BCUT2D eigenvalue weighted by Crippen LogP contribution is -2.15. The maximum atomic E-state index is 5.29. The van der Waals surface area contributed by atoms with E-state index >= 15 is 0 Å². The molecule has 7 aromatic carbocycles. The Bertz CT molecular complexity index is 3160. The zero-order valence-corrected chi connectivity index (χ0v) is 30.0. The Kier molecular flexibility index (Phi) is 6.73. The van der Waals surface area contributed by atoms with E-state index in [1.54, 1.807) is 11.3 Å². The fourth-order valence-corrected chi connectivity index (χ4v) is 10.6. The van der Waals surface area contributed by atoms with Crippen molar-refractivity contribution in [2.45, 2.75) is 0 Å². The van der Waals surface area contributed by atoms with Gasteiger partial charge in [0.05, 0.1) is 0 Å². The maximum Gasteiger partial charge on any atom is 0.238 e. The van der Waals surface area contributed by atoms with Crippen molar-refractivity contribution in [1.82, 2.24) is 15.0 Å². The quantitative estimate of drug-likeness (QED) is 0.178. The van der Waals surface area contributed by atoms with E-state index in [0.29, 0.717) is 17.6 Å². The van der Waals surface area contributed by atoms with E-state index in [9.17, 15) is 0 Å². The molecule has 0 aliphatic rings. The van der Waals surface area contributed by atoms with Gasteiger partial charge in [0.2, 0.25) is 5.95 Å². The number of rotatable bonds is 5. The van der Waals surface area contributed by atoms with Crippen molar-refractivity contribution in [3.63, 3.8) is 0 Å². The molecule has 0 spiro atoms. The fourth-order valence-electron chi connectivity index (χ4n) is 7.26. The number of hydrogen-bond donors (Lipinski definition) is 0. The van der Waals surface area contributed by atoms with Crippen molar-refractivity contribution in [2.24, 2.45) is 0 Å². The Morgan fingerprint density at radius 1 is 0.327 bits per heavy atom. The van der Waals surface area contributed by atoms with Crippen LogP contribution in [-0.4, -0.2) is 15.0 Å². The molecule has 0 saturated heterocycles. The number of benzene rings is 7. The molecule has 0 aliphatic carbocycles. The van der Waals surface area contributed by atoms with Crippen LogP contribution < -0.4 is 4.90 Å². The average molecular weight is 719 g/mol. The number of nitrogens with zero attached hydrogens (tertiary/aromatic N) is 4. The van der Waals surface area contributed by atoms with Crippen molar-refractivity contribution in [3.8, 4) is 22.8 Å². The van der Waals surface area contributed by atoms with Gasteiger partial charge >= 0.3 is 0 Å². The number of fused-ring (bicyclic) bond motifs is 9. The molecule has 7 heteroatoms. The molecule has 0 radical (unpaired) electrons. The Morgan fingerprint density at radius 2 is 0.808 bits per heavy atom. The van der Waals surface area contributed by atoms with E-state index in [2.05, 4.69) is 157 Å². The second-order valence-corrected chi connectivity index (χ2v) is 16.1. The standard InChI is InChI=1S/C45H26N4S3/c1-2-10-29(11-3-1)49(30-20-23-41-36(26-30)33-14-6-9-17-39(33)51-41)45-47-43(27-19-22-40-35(24-27)32-13-5-8-16-38(32)50-40)46-44(48-45)28-18-21-34-31-12-4-7-15-37(31)52-42(34)25-28/h1-26H. The third-order valence-electron chi connectivity index (χ3n) is 9.73. The average Bonchev–Trinajstić information content (AvgIpc) is 3.89. The van der Waals surface area contributed by atoms with Crippen LogP contribution in [0.15, 0.2) is 158 Å². The van der Waals surface area contributed by atoms with Crippen LogP contribution >= 0.6 is 34.0 Å². The molecule has 0 amide bonds. The second-order valence-electron chi connectivity index (χ2n) is 12.9. The van der Waals surface area contributed by atoms with Gasteiger partial charge in [-0.1, -0.05) is 84.9 Å². The summed E-state index contributed by atoms with van der Waals surface area (Å²) in [5, 5.41) is 7.45. The number of hydrogen-bond acceptors (Lipinski definition) is 7. The monoisotopic (exact) mass is 718 g/mol. The number of anilines is 3. The molecule has 0 bridgehead atoms. The molecular formula is C45H26N4S3. The summed E-state index contributed by atoms with van der Waals surface area (Å²) in [7, 11) is 0. The third kappa shape index (κ3) is 4.82. The maximum absolute atomic E-state index is 5.29. The van der Waals surface area contributed by atoms with Crippen LogP contribution in [-0.2, 0) is 0 Å². The van der Waals surface area contributed by atoms with Gasteiger partial charge in [-0.3, -0.25) is 4.90 Å². The highest BCUT2D eigenvalue weighted by Gasteiger charge is 2.21. The zero-order chi connectivity index (χ0) is 34.2. The Morgan fingerprint density at radius 3 is 1.48 bits per heavy atom. The van der Waals surface area contributed by atoms with E-state index in [1.165, 1.54) is 60.5 Å². The van der Waals surface area contributed by atoms with Crippen LogP contribution in [0.4, 0.5) is 17.3 Å². The lowest BCUT2D eigenvalue weighted by atomic mass is 10.1. The van der Waals surface area contributed by atoms with Crippen molar-refractivity contribution >= 4 is 112 Å². The highest BCUT2D eigenvalue weighted by atomic mass is 32.1. The summed E-state index contributed by atoms with van der Waals surface area (Å²) in [5.74, 6) is 1.84. The van der Waals surface area contributed by atoms with Crippen molar-refractivity contribution in [2.75, 3.05) is 4.90 Å². The molecular weight excluding hydrogens is 693 g/mol. The summed E-state index contributed by atoms with van der Waals surface area (Å²) in [6.45, 7) is 0. The summed E-state index contributed by atoms with van der Waals surface area (Å²) in [4.78, 5) is 18.0. The van der Waals surface area contributed by atoms with E-state index in [-0.39, 0.29) is 0 Å². The molecule has 4 aromatic heterocycles. The van der Waals surface area contributed by atoms with Crippen molar-refractivity contribution in [3.05, 3.63) is 158 Å². The molecule has 0 fully saturated rings. The van der Waals surface area contributed by atoms with Crippen molar-refractivity contribution < 1.29 is 0 Å². The van der Waals surface area contributed by atoms with E-state index in [1.807, 2.05) is 28.7 Å². The van der Waals surface area contributed by atoms with E-state index < -0.39 is 0 Å². The number of para-hydroxylation sites is 1. The predicted octanol–water partition coefficient (Wildman–Crippen LogP) is 13.8. The van der Waals surface area contributed by atoms with Crippen LogP contribution in [0, 0.1) is 0 Å². The highest BCUT2D eigenvalue weighted by molar-refractivity contribution is 7.26. The summed E-state index contributed by atoms with van der Waals surface area (Å²) in [5.41, 5.74) is 3.88. The normalized spacial score (nSPS) is 11.8. The topological polar surface area (TPSA) is 41.9 Å². The largest absolute Gasteiger partial charge is 0.279 e. The van der Waals surface area contributed by atoms with Gasteiger partial charge in [-0.2, -0.15) is 9.97 Å². The lowest BCUT2D eigenvalue weighted by Gasteiger charge is -2.24. The molecule has 0 aliphatic heterocycles. The van der Waals surface area contributed by atoms with Crippen LogP contribution in [0.2, 0.25) is 0 Å². The van der Waals surface area contributed by atoms with Gasteiger partial charge in [-0.05, 0) is 72.8 Å². The molecule has 0 unspecified atom stereocenters. The van der Waals surface area contributed by atoms with Crippen LogP contribution in [0.25, 0.3) is 83.3 Å². The van der Waals surface area contributed by atoms with Gasteiger partial charge in [0.25, 0.3) is 0 Å². The molecule has 11 rings (SSSR count). The predicted molar refractivity (Wildman–Crippen MR) is 224 cm³/mol. The summed E-state index contributed by atoms with van der Waals surface area (Å²) < 4.78 is 7.53. The first-order valence-electron chi connectivity index (χ1n) is 17.1. The number of thiophene rings is 3. The zero-order valence-electron chi connectivity index (χ0n) is 27.5. The molecule has 0 atom stereocenters. The minimum atomic E-state index is 0.566. The van der Waals surface area contributed by atoms with Crippen LogP contribution in [0.3, 0.4) is 0 Å². The first kappa shape index (κ1) is 29.7. The molecule has 4 heterocycles. The molecule has 0 saturated carbocycles. The van der Waals surface area contributed by atoms with Gasteiger partial charge in [-0.15, -0.1) is 34.0 Å². The van der Waals surface area contributed by atoms with Gasteiger partial charge < -0.3 is 0 Å². The summed E-state index contributed by atoms with van der Waals surface area (Å²) in [6.07, 6.45) is 0. The first-order valence-corrected chi connectivity index (χ1v) is 19.5. The van der Waals surface area contributed by atoms with E-state index in [0.717, 1.165) is 22.5 Å². The van der Waals surface area contributed by atoms with Crippen LogP contribution in [0.5, 0.6) is 0 Å². The molecule has 4 nitrogen and oxygen atoms in total. The van der Waals surface area contributed by atoms with Gasteiger partial charge in [0.1, 0.15) is 0 Å². The Labute approximate surface area is 310 Å². The number of aromatic nitrogens is 3. The first-order chi connectivity index (χ1) is 25.7. The fraction of sp³-hybridized carbons (Fsp3) is 0. The summed E-state index contributed by atoms with van der Waals surface area (Å²) in [6, 6.07) is 56.1. The molecule has 0 N–H and O–H groups in total.